The smallest absolute Gasteiger partial charge is 0.408 e. The van der Waals surface area contributed by atoms with Crippen LogP contribution in [0.5, 0.6) is 0 Å². The van der Waals surface area contributed by atoms with Gasteiger partial charge < -0.3 is 10.1 Å². The number of aromatic nitrogens is 2. The van der Waals surface area contributed by atoms with Gasteiger partial charge in [-0.2, -0.15) is 0 Å². The highest BCUT2D eigenvalue weighted by molar-refractivity contribution is 7.73. The van der Waals surface area contributed by atoms with Crippen LogP contribution in [0.4, 0.5) is 9.93 Å². The fraction of sp³-hybridized carbons (Fsp3) is 0.429. The lowest BCUT2D eigenvalue weighted by Crippen LogP contribution is -2.52. The second-order valence-corrected chi connectivity index (χ2v) is 10.1. The van der Waals surface area contributed by atoms with E-state index in [1.165, 1.54) is 0 Å². The molecule has 162 valence electrons. The first-order valence-corrected chi connectivity index (χ1v) is 10.8. The minimum Gasteiger partial charge on any atom is -0.444 e. The van der Waals surface area contributed by atoms with E-state index in [0.717, 1.165) is 16.9 Å². The molecule has 3 N–H and O–H groups in total. The molecule has 7 nitrogen and oxygen atoms in total. The van der Waals surface area contributed by atoms with E-state index in [-0.39, 0.29) is 0 Å². The summed E-state index contributed by atoms with van der Waals surface area (Å²) in [5, 5.41) is 12.3. The van der Waals surface area contributed by atoms with Gasteiger partial charge in [0.2, 0.25) is 11.0 Å². The van der Waals surface area contributed by atoms with Gasteiger partial charge in [0.15, 0.2) is 3.95 Å². The summed E-state index contributed by atoms with van der Waals surface area (Å²) >= 11 is 6.15. The summed E-state index contributed by atoms with van der Waals surface area (Å²) in [5.74, 6) is -0.409. The van der Waals surface area contributed by atoms with E-state index < -0.39 is 29.1 Å². The SMILES string of the molecule is CC(C)(C)OC(=O)NC(C(=O)Nc1n[nH]c(=S)s1)C(C)(C)/C=C/Cc1ccccc1. The number of benzene rings is 1. The number of ether oxygens (including phenoxy) is 1. The molecule has 0 saturated heterocycles. The molecule has 2 rings (SSSR count). The fourth-order valence-electron chi connectivity index (χ4n) is 2.68. The van der Waals surface area contributed by atoms with Crippen molar-refractivity contribution in [1.82, 2.24) is 15.5 Å². The van der Waals surface area contributed by atoms with E-state index in [4.69, 9.17) is 17.0 Å². The molecular formula is C21H28N4O3S2. The normalized spacial score (nSPS) is 13.1. The Hall–Kier alpha value is -2.52. The van der Waals surface area contributed by atoms with Crippen molar-refractivity contribution in [1.29, 1.82) is 0 Å². The van der Waals surface area contributed by atoms with Crippen molar-refractivity contribution in [3.63, 3.8) is 0 Å². The number of carbonyl (C=O) groups excluding carboxylic acids is 2. The van der Waals surface area contributed by atoms with Crippen molar-refractivity contribution in [3.8, 4) is 0 Å². The molecule has 0 fully saturated rings. The molecular weight excluding hydrogens is 420 g/mol. The van der Waals surface area contributed by atoms with Crippen LogP contribution >= 0.6 is 23.6 Å². The Morgan fingerprint density at radius 3 is 2.47 bits per heavy atom. The first-order valence-electron chi connectivity index (χ1n) is 9.54. The molecule has 0 aliphatic rings. The highest BCUT2D eigenvalue weighted by Crippen LogP contribution is 2.25. The Labute approximate surface area is 185 Å². The van der Waals surface area contributed by atoms with Crippen LogP contribution in [0.25, 0.3) is 0 Å². The van der Waals surface area contributed by atoms with Crippen LogP contribution < -0.4 is 10.6 Å². The third-order valence-electron chi connectivity index (χ3n) is 4.08. The minimum absolute atomic E-state index is 0.338. The number of rotatable bonds is 7. The summed E-state index contributed by atoms with van der Waals surface area (Å²) in [5.41, 5.74) is -0.227. The molecule has 1 unspecified atom stereocenters. The summed E-state index contributed by atoms with van der Waals surface area (Å²) < 4.78 is 5.80. The number of nitrogens with zero attached hydrogens (tertiary/aromatic N) is 1. The van der Waals surface area contributed by atoms with Crippen LogP contribution in [-0.4, -0.2) is 33.8 Å². The second kappa shape index (κ2) is 9.99. The maximum absolute atomic E-state index is 13.0. The number of carbonyl (C=O) groups is 2. The van der Waals surface area contributed by atoms with Crippen molar-refractivity contribution >= 4 is 40.7 Å². The van der Waals surface area contributed by atoms with Gasteiger partial charge in [-0.1, -0.05) is 67.7 Å². The van der Waals surface area contributed by atoms with Crippen molar-refractivity contribution in [3.05, 3.63) is 52.0 Å². The molecule has 30 heavy (non-hydrogen) atoms. The third-order valence-corrected chi connectivity index (χ3v) is 5.08. The topological polar surface area (TPSA) is 96.1 Å². The first kappa shape index (κ1) is 23.8. The van der Waals surface area contributed by atoms with Crippen LogP contribution in [0.15, 0.2) is 42.5 Å². The molecule has 1 aromatic heterocycles. The minimum atomic E-state index is -0.892. The van der Waals surface area contributed by atoms with Crippen LogP contribution in [0.1, 0.15) is 40.2 Å². The van der Waals surface area contributed by atoms with E-state index >= 15 is 0 Å². The summed E-state index contributed by atoms with van der Waals surface area (Å²) in [7, 11) is 0. The lowest BCUT2D eigenvalue weighted by atomic mass is 9.83. The number of hydrogen-bond acceptors (Lipinski definition) is 6. The molecule has 0 spiro atoms. The van der Waals surface area contributed by atoms with Crippen LogP contribution in [0.3, 0.4) is 0 Å². The van der Waals surface area contributed by atoms with E-state index in [0.29, 0.717) is 15.5 Å². The summed E-state index contributed by atoms with van der Waals surface area (Å²) in [4.78, 5) is 25.4. The average molecular weight is 449 g/mol. The molecule has 0 bridgehead atoms. The Kier molecular flexibility index (Phi) is 7.91. The standard InChI is InChI=1S/C21H28N4O3S2/c1-20(2,3)28-18(27)22-15(16(26)23-17-24-25-19(29)30-17)21(4,5)13-9-12-14-10-7-6-8-11-14/h6-11,13,15H,12H2,1-5H3,(H,22,27)(H,25,29)(H,23,24,26)/b13-9+. The quantitative estimate of drug-likeness (QED) is 0.415. The van der Waals surface area contributed by atoms with E-state index in [1.807, 2.05) is 56.3 Å². The van der Waals surface area contributed by atoms with Crippen LogP contribution in [-0.2, 0) is 16.0 Å². The molecule has 9 heteroatoms. The molecule has 0 saturated carbocycles. The van der Waals surface area contributed by atoms with Gasteiger partial charge >= 0.3 is 6.09 Å². The zero-order chi connectivity index (χ0) is 22.4. The third kappa shape index (κ3) is 7.72. The van der Waals surface area contributed by atoms with Crippen molar-refractivity contribution in [2.75, 3.05) is 5.32 Å². The molecule has 0 aliphatic heterocycles. The predicted octanol–water partition coefficient (Wildman–Crippen LogP) is 4.86. The van der Waals surface area contributed by atoms with Gasteiger partial charge in [-0.05, 0) is 45.0 Å². The maximum atomic E-state index is 13.0. The number of anilines is 1. The lowest BCUT2D eigenvalue weighted by molar-refractivity contribution is -0.120. The number of amides is 2. The zero-order valence-corrected chi connectivity index (χ0v) is 19.4. The van der Waals surface area contributed by atoms with E-state index in [2.05, 4.69) is 20.8 Å². The number of alkyl carbamates (subject to hydrolysis) is 1. The van der Waals surface area contributed by atoms with Gasteiger partial charge in [-0.25, -0.2) is 4.79 Å². The number of nitrogens with one attached hydrogen (secondary N) is 3. The monoisotopic (exact) mass is 448 g/mol. The van der Waals surface area contributed by atoms with Gasteiger partial charge in [-0.3, -0.25) is 15.2 Å². The molecule has 1 atom stereocenters. The Morgan fingerprint density at radius 1 is 1.23 bits per heavy atom. The summed E-state index contributed by atoms with van der Waals surface area (Å²) in [6, 6.07) is 9.10. The van der Waals surface area contributed by atoms with Crippen molar-refractivity contribution in [2.45, 2.75) is 52.7 Å². The molecule has 1 aromatic carbocycles. The molecule has 2 amide bonds. The van der Waals surface area contributed by atoms with E-state index in [1.54, 1.807) is 20.8 Å². The number of aromatic amines is 1. The Morgan fingerprint density at radius 2 is 1.90 bits per heavy atom. The predicted molar refractivity (Wildman–Crippen MR) is 122 cm³/mol. The highest BCUT2D eigenvalue weighted by Gasteiger charge is 2.36. The molecule has 0 aliphatic carbocycles. The fourth-order valence-corrected chi connectivity index (χ4v) is 3.48. The Bertz CT molecular complexity index is 943. The molecule has 1 heterocycles. The number of H-pyrrole nitrogens is 1. The first-order chi connectivity index (χ1) is 14.0. The van der Waals surface area contributed by atoms with Gasteiger partial charge in [0, 0.05) is 5.41 Å². The maximum Gasteiger partial charge on any atom is 0.408 e. The summed E-state index contributed by atoms with van der Waals surface area (Å²) in [6.07, 6.45) is 3.96. The number of allylic oxidation sites excluding steroid dienone is 1. The van der Waals surface area contributed by atoms with Gasteiger partial charge in [0.25, 0.3) is 0 Å². The lowest BCUT2D eigenvalue weighted by Gasteiger charge is -2.32. The Balaban J connectivity index is 2.19. The highest BCUT2D eigenvalue weighted by atomic mass is 32.1. The van der Waals surface area contributed by atoms with Crippen LogP contribution in [0.2, 0.25) is 0 Å². The van der Waals surface area contributed by atoms with Crippen LogP contribution in [0, 0.1) is 9.37 Å². The second-order valence-electron chi connectivity index (χ2n) is 8.40. The van der Waals surface area contributed by atoms with E-state index in [9.17, 15) is 9.59 Å². The van der Waals surface area contributed by atoms with Crippen molar-refractivity contribution in [2.24, 2.45) is 5.41 Å². The van der Waals surface area contributed by atoms with Gasteiger partial charge in [0.1, 0.15) is 11.6 Å². The molecule has 2 aromatic rings. The molecule has 0 radical (unpaired) electrons. The summed E-state index contributed by atoms with van der Waals surface area (Å²) in [6.45, 7) is 9.06. The van der Waals surface area contributed by atoms with Gasteiger partial charge in [0.05, 0.1) is 0 Å². The largest absolute Gasteiger partial charge is 0.444 e. The average Bonchev–Trinajstić information content (AvgIpc) is 3.03. The zero-order valence-electron chi connectivity index (χ0n) is 17.8. The number of hydrogen-bond donors (Lipinski definition) is 3. The van der Waals surface area contributed by atoms with Crippen molar-refractivity contribution < 1.29 is 14.3 Å². The van der Waals surface area contributed by atoms with Gasteiger partial charge in [-0.15, -0.1) is 5.10 Å².